The van der Waals surface area contributed by atoms with E-state index in [4.69, 9.17) is 16.3 Å². The minimum atomic E-state index is -0.769. The van der Waals surface area contributed by atoms with Crippen molar-refractivity contribution < 1.29 is 19.1 Å². The molecule has 0 saturated carbocycles. The number of alkyl carbamates (subject to hydrolysis) is 1. The van der Waals surface area contributed by atoms with Gasteiger partial charge in [0.15, 0.2) is 6.07 Å². The number of alkyl halides is 1. The Hall–Kier alpha value is -1.75. The zero-order valence-corrected chi connectivity index (χ0v) is 12.2. The molecule has 0 saturated heterocycles. The predicted molar refractivity (Wildman–Crippen MR) is 75.2 cm³/mol. The lowest BCUT2D eigenvalue weighted by Crippen LogP contribution is -2.45. The molecule has 0 fully saturated rings. The fourth-order valence-electron chi connectivity index (χ4n) is 1.53. The molecule has 20 heavy (non-hydrogen) atoms. The van der Waals surface area contributed by atoms with Crippen molar-refractivity contribution in [3.8, 4) is 0 Å². The van der Waals surface area contributed by atoms with Gasteiger partial charge in [-0.25, -0.2) is 9.59 Å². The Morgan fingerprint density at radius 1 is 1.20 bits per heavy atom. The van der Waals surface area contributed by atoms with Gasteiger partial charge in [-0.15, -0.1) is 0 Å². The van der Waals surface area contributed by atoms with E-state index in [1.807, 2.05) is 30.3 Å². The average Bonchev–Trinajstić information content (AvgIpc) is 2.43. The van der Waals surface area contributed by atoms with Gasteiger partial charge in [-0.1, -0.05) is 55.8 Å². The summed E-state index contributed by atoms with van der Waals surface area (Å²) in [5.41, 5.74) is 0.881. The fourth-order valence-corrected chi connectivity index (χ4v) is 1.63. The number of hydrogen-bond acceptors (Lipinski definition) is 4. The van der Waals surface area contributed by atoms with Crippen LogP contribution in [0.2, 0.25) is 0 Å². The van der Waals surface area contributed by atoms with Crippen LogP contribution in [-0.2, 0) is 20.9 Å². The maximum Gasteiger partial charge on any atom is 0.409 e. The van der Waals surface area contributed by atoms with Crippen molar-refractivity contribution in [3.05, 3.63) is 35.9 Å². The highest BCUT2D eigenvalue weighted by molar-refractivity contribution is 6.17. The van der Waals surface area contributed by atoms with Gasteiger partial charge in [0, 0.05) is 0 Å². The molecule has 1 unspecified atom stereocenters. The van der Waals surface area contributed by atoms with Gasteiger partial charge in [0.05, 0.1) is 0 Å². The lowest BCUT2D eigenvalue weighted by atomic mass is 10.1. The molecule has 1 rings (SSSR count). The minimum absolute atomic E-state index is 0.124. The third-order valence-electron chi connectivity index (χ3n) is 2.60. The molecular formula is C14H18ClNO4. The van der Waals surface area contributed by atoms with Crippen LogP contribution in [0.1, 0.15) is 19.4 Å². The van der Waals surface area contributed by atoms with Crippen molar-refractivity contribution in [3.63, 3.8) is 0 Å². The maximum atomic E-state index is 12.0. The molecule has 1 atom stereocenters. The summed E-state index contributed by atoms with van der Waals surface area (Å²) in [6.45, 7) is 3.76. The van der Waals surface area contributed by atoms with Crippen LogP contribution >= 0.6 is 11.6 Å². The molecule has 0 spiro atoms. The first-order chi connectivity index (χ1) is 9.54. The van der Waals surface area contributed by atoms with Crippen LogP contribution in [0.25, 0.3) is 0 Å². The van der Waals surface area contributed by atoms with E-state index in [0.29, 0.717) is 0 Å². The first-order valence-corrected chi connectivity index (χ1v) is 6.78. The van der Waals surface area contributed by atoms with Crippen molar-refractivity contribution >= 4 is 23.7 Å². The van der Waals surface area contributed by atoms with Gasteiger partial charge < -0.3 is 14.8 Å². The van der Waals surface area contributed by atoms with Crippen LogP contribution in [-0.4, -0.2) is 24.2 Å². The second-order valence-electron chi connectivity index (χ2n) is 4.50. The van der Waals surface area contributed by atoms with Gasteiger partial charge in [-0.3, -0.25) is 0 Å². The summed E-state index contributed by atoms with van der Waals surface area (Å²) in [5.74, 6) is -0.628. The first-order valence-electron chi connectivity index (χ1n) is 6.24. The zero-order chi connectivity index (χ0) is 15.0. The predicted octanol–water partition coefficient (Wildman–Crippen LogP) is 2.68. The van der Waals surface area contributed by atoms with Crippen LogP contribution in [0.4, 0.5) is 4.79 Å². The summed E-state index contributed by atoms with van der Waals surface area (Å²) in [6, 6.07) is 8.27. The molecule has 0 aliphatic heterocycles. The molecule has 6 heteroatoms. The van der Waals surface area contributed by atoms with Crippen molar-refractivity contribution in [2.45, 2.75) is 26.5 Å². The van der Waals surface area contributed by atoms with E-state index in [-0.39, 0.29) is 18.6 Å². The number of rotatable bonds is 6. The average molecular weight is 300 g/mol. The molecule has 0 aromatic heterocycles. The highest BCUT2D eigenvalue weighted by Gasteiger charge is 2.26. The molecule has 0 aliphatic carbocycles. The molecule has 110 valence electrons. The van der Waals surface area contributed by atoms with Gasteiger partial charge in [0.25, 0.3) is 0 Å². The van der Waals surface area contributed by atoms with E-state index in [2.05, 4.69) is 10.1 Å². The largest absolute Gasteiger partial charge is 0.459 e. The van der Waals surface area contributed by atoms with E-state index in [0.717, 1.165) is 5.56 Å². The number of ether oxygens (including phenoxy) is 2. The number of hydrogen-bond donors (Lipinski definition) is 1. The Labute approximate surface area is 123 Å². The molecule has 1 aromatic rings. The normalized spacial score (nSPS) is 11.8. The Bertz CT molecular complexity index is 436. The van der Waals surface area contributed by atoms with Crippen molar-refractivity contribution in [1.82, 2.24) is 5.32 Å². The van der Waals surface area contributed by atoms with Gasteiger partial charge in [0.1, 0.15) is 12.6 Å². The molecule has 0 aliphatic rings. The smallest absolute Gasteiger partial charge is 0.409 e. The Balaban J connectivity index is 2.54. The van der Waals surface area contributed by atoms with Crippen molar-refractivity contribution in [1.29, 1.82) is 0 Å². The monoisotopic (exact) mass is 299 g/mol. The molecule has 0 bridgehead atoms. The topological polar surface area (TPSA) is 64.6 Å². The molecule has 1 aromatic carbocycles. The van der Waals surface area contributed by atoms with Crippen molar-refractivity contribution in [2.75, 3.05) is 6.07 Å². The summed E-state index contributed by atoms with van der Waals surface area (Å²) in [5, 5.41) is 2.43. The van der Waals surface area contributed by atoms with Crippen LogP contribution in [0, 0.1) is 5.92 Å². The molecule has 5 nitrogen and oxygen atoms in total. The quantitative estimate of drug-likeness (QED) is 0.648. The summed E-state index contributed by atoms with van der Waals surface area (Å²) >= 11 is 5.28. The highest BCUT2D eigenvalue weighted by Crippen LogP contribution is 2.07. The summed E-state index contributed by atoms with van der Waals surface area (Å²) in [4.78, 5) is 23.3. The van der Waals surface area contributed by atoms with Gasteiger partial charge in [-0.2, -0.15) is 0 Å². The Kier molecular flexibility index (Phi) is 6.87. The number of esters is 1. The zero-order valence-electron chi connectivity index (χ0n) is 11.5. The fraction of sp³-hybridized carbons (Fsp3) is 0.429. The molecule has 1 N–H and O–H groups in total. The van der Waals surface area contributed by atoms with Crippen LogP contribution < -0.4 is 5.32 Å². The molecule has 0 heterocycles. The Morgan fingerprint density at radius 2 is 1.85 bits per heavy atom. The SMILES string of the molecule is CC(C)C(NC(=O)OCCl)C(=O)OCc1ccccc1. The second-order valence-corrected chi connectivity index (χ2v) is 4.72. The highest BCUT2D eigenvalue weighted by atomic mass is 35.5. The number of amides is 1. The van der Waals surface area contributed by atoms with Gasteiger partial charge >= 0.3 is 12.1 Å². The van der Waals surface area contributed by atoms with Crippen molar-refractivity contribution in [2.24, 2.45) is 5.92 Å². The van der Waals surface area contributed by atoms with E-state index >= 15 is 0 Å². The van der Waals surface area contributed by atoms with Crippen LogP contribution in [0.3, 0.4) is 0 Å². The van der Waals surface area contributed by atoms with Gasteiger partial charge in [0.2, 0.25) is 0 Å². The summed E-state index contributed by atoms with van der Waals surface area (Å²) in [6.07, 6.45) is -0.740. The summed E-state index contributed by atoms with van der Waals surface area (Å²) in [7, 11) is 0. The van der Waals surface area contributed by atoms with E-state index in [1.54, 1.807) is 13.8 Å². The number of benzene rings is 1. The maximum absolute atomic E-state index is 12.0. The number of carbonyl (C=O) groups excluding carboxylic acids is 2. The lowest BCUT2D eigenvalue weighted by molar-refractivity contribution is -0.148. The molecular weight excluding hydrogens is 282 g/mol. The molecule has 0 radical (unpaired) electrons. The third-order valence-corrected chi connectivity index (χ3v) is 2.71. The van der Waals surface area contributed by atoms with E-state index < -0.39 is 18.1 Å². The first kappa shape index (κ1) is 16.3. The number of halogens is 1. The van der Waals surface area contributed by atoms with E-state index in [9.17, 15) is 9.59 Å². The van der Waals surface area contributed by atoms with Gasteiger partial charge in [-0.05, 0) is 11.5 Å². The number of nitrogens with one attached hydrogen (secondary N) is 1. The lowest BCUT2D eigenvalue weighted by Gasteiger charge is -2.20. The minimum Gasteiger partial charge on any atom is -0.459 e. The third kappa shape index (κ3) is 5.48. The van der Waals surface area contributed by atoms with E-state index in [1.165, 1.54) is 0 Å². The standard InChI is InChI=1S/C14H18ClNO4/c1-10(2)12(16-14(18)20-9-15)13(17)19-8-11-6-4-3-5-7-11/h3-7,10,12H,8-9H2,1-2H3,(H,16,18). The Morgan fingerprint density at radius 3 is 2.40 bits per heavy atom. The summed E-state index contributed by atoms with van der Waals surface area (Å²) < 4.78 is 9.73. The number of carbonyl (C=O) groups is 2. The molecule has 1 amide bonds. The second kappa shape index (κ2) is 8.43. The van der Waals surface area contributed by atoms with Crippen LogP contribution in [0.5, 0.6) is 0 Å². The van der Waals surface area contributed by atoms with Crippen LogP contribution in [0.15, 0.2) is 30.3 Å².